The minimum absolute atomic E-state index is 0.0692. The lowest BCUT2D eigenvalue weighted by molar-refractivity contribution is -0.137. The van der Waals surface area contributed by atoms with Crippen LogP contribution in [0.3, 0.4) is 0 Å². The molecule has 0 aliphatic rings. The van der Waals surface area contributed by atoms with Crippen molar-refractivity contribution in [1.29, 1.82) is 0 Å². The van der Waals surface area contributed by atoms with Crippen LogP contribution in [0.25, 0.3) is 0 Å². The van der Waals surface area contributed by atoms with Crippen LogP contribution in [0.15, 0.2) is 53.4 Å². The Morgan fingerprint density at radius 2 is 1.57 bits per heavy atom. The molecule has 0 saturated heterocycles. The number of rotatable bonds is 3. The van der Waals surface area contributed by atoms with E-state index in [4.69, 9.17) is 0 Å². The summed E-state index contributed by atoms with van der Waals surface area (Å²) in [5.41, 5.74) is -0.661. The van der Waals surface area contributed by atoms with Gasteiger partial charge in [-0.2, -0.15) is 13.2 Å². The van der Waals surface area contributed by atoms with Crippen molar-refractivity contribution in [2.24, 2.45) is 0 Å². The predicted octanol–water partition coefficient (Wildman–Crippen LogP) is 3.13. The Balaban J connectivity index is 2.24. The van der Waals surface area contributed by atoms with Gasteiger partial charge in [0.05, 0.1) is 10.5 Å². The standard InChI is InChI=1S/C15H12F3NO3S/c1-10-4-2-3-5-13(10)23(21,22)19-14(20)11-6-8-12(9-7-11)15(16,17)18/h2-9H,1H3,(H,19,20). The fourth-order valence-electron chi connectivity index (χ4n) is 1.90. The molecule has 0 spiro atoms. The van der Waals surface area contributed by atoms with E-state index in [0.717, 1.165) is 24.3 Å². The molecule has 0 atom stereocenters. The van der Waals surface area contributed by atoms with E-state index in [0.29, 0.717) is 5.56 Å². The highest BCUT2D eigenvalue weighted by Gasteiger charge is 2.30. The SMILES string of the molecule is Cc1ccccc1S(=O)(=O)NC(=O)c1ccc(C(F)(F)F)cc1. The number of amides is 1. The van der Waals surface area contributed by atoms with Gasteiger partial charge in [0.25, 0.3) is 15.9 Å². The first-order valence-electron chi connectivity index (χ1n) is 6.41. The Bertz CT molecular complexity index is 828. The highest BCUT2D eigenvalue weighted by molar-refractivity contribution is 7.90. The zero-order valence-electron chi connectivity index (χ0n) is 11.9. The highest BCUT2D eigenvalue weighted by atomic mass is 32.2. The van der Waals surface area contributed by atoms with Gasteiger partial charge in [-0.1, -0.05) is 18.2 Å². The molecule has 0 bridgehead atoms. The van der Waals surface area contributed by atoms with E-state index in [9.17, 15) is 26.4 Å². The first-order valence-corrected chi connectivity index (χ1v) is 7.89. The lowest BCUT2D eigenvalue weighted by atomic mass is 10.1. The summed E-state index contributed by atoms with van der Waals surface area (Å²) in [6, 6.07) is 9.33. The number of benzene rings is 2. The zero-order chi connectivity index (χ0) is 17.3. The first kappa shape index (κ1) is 17.0. The van der Waals surface area contributed by atoms with Gasteiger partial charge in [0.2, 0.25) is 0 Å². The van der Waals surface area contributed by atoms with Crippen molar-refractivity contribution in [3.05, 3.63) is 65.2 Å². The topological polar surface area (TPSA) is 63.2 Å². The van der Waals surface area contributed by atoms with Crippen LogP contribution in [-0.2, 0) is 16.2 Å². The summed E-state index contributed by atoms with van der Waals surface area (Å²) < 4.78 is 63.5. The van der Waals surface area contributed by atoms with Crippen LogP contribution in [0.2, 0.25) is 0 Å². The van der Waals surface area contributed by atoms with Gasteiger partial charge in [0, 0.05) is 5.56 Å². The van der Waals surface area contributed by atoms with E-state index in [1.807, 2.05) is 4.72 Å². The molecule has 0 unspecified atom stereocenters. The number of alkyl halides is 3. The number of carbonyl (C=O) groups excluding carboxylic acids is 1. The number of hydrogen-bond acceptors (Lipinski definition) is 3. The molecule has 0 heterocycles. The number of aryl methyl sites for hydroxylation is 1. The summed E-state index contributed by atoms with van der Waals surface area (Å²) in [4.78, 5) is 11.9. The van der Waals surface area contributed by atoms with Crippen molar-refractivity contribution in [1.82, 2.24) is 4.72 Å². The third-order valence-corrected chi connectivity index (χ3v) is 4.58. The number of nitrogens with one attached hydrogen (secondary N) is 1. The average molecular weight is 343 g/mol. The van der Waals surface area contributed by atoms with Crippen LogP contribution in [0.1, 0.15) is 21.5 Å². The Morgan fingerprint density at radius 1 is 1.00 bits per heavy atom. The maximum absolute atomic E-state index is 12.5. The van der Waals surface area contributed by atoms with Crippen molar-refractivity contribution < 1.29 is 26.4 Å². The second kappa shape index (κ2) is 6.04. The van der Waals surface area contributed by atoms with Gasteiger partial charge in [0.15, 0.2) is 0 Å². The molecule has 4 nitrogen and oxygen atoms in total. The van der Waals surface area contributed by atoms with Crippen molar-refractivity contribution >= 4 is 15.9 Å². The maximum Gasteiger partial charge on any atom is 0.416 e. The minimum Gasteiger partial charge on any atom is -0.268 e. The fourth-order valence-corrected chi connectivity index (χ4v) is 3.13. The average Bonchev–Trinajstić information content (AvgIpc) is 2.46. The van der Waals surface area contributed by atoms with Crippen molar-refractivity contribution in [3.63, 3.8) is 0 Å². The number of halogens is 3. The van der Waals surface area contributed by atoms with Gasteiger partial charge in [-0.25, -0.2) is 13.1 Å². The molecular weight excluding hydrogens is 331 g/mol. The first-order chi connectivity index (χ1) is 10.6. The molecule has 0 radical (unpaired) electrons. The van der Waals surface area contributed by atoms with E-state index >= 15 is 0 Å². The predicted molar refractivity (Wildman–Crippen MR) is 77.3 cm³/mol. The van der Waals surface area contributed by atoms with Crippen molar-refractivity contribution in [3.8, 4) is 0 Å². The normalized spacial score (nSPS) is 12.0. The molecule has 2 aromatic rings. The molecule has 0 aliphatic heterocycles. The van der Waals surface area contributed by atoms with Crippen molar-refractivity contribution in [2.45, 2.75) is 18.0 Å². The van der Waals surface area contributed by atoms with Crippen LogP contribution in [0.4, 0.5) is 13.2 Å². The Morgan fingerprint density at radius 3 is 2.09 bits per heavy atom. The lowest BCUT2D eigenvalue weighted by Crippen LogP contribution is -2.31. The summed E-state index contributed by atoms with van der Waals surface area (Å²) in [5, 5.41) is 0. The number of carbonyl (C=O) groups is 1. The number of hydrogen-bond donors (Lipinski definition) is 1. The third-order valence-electron chi connectivity index (χ3n) is 3.08. The molecule has 0 fully saturated rings. The monoisotopic (exact) mass is 343 g/mol. The molecule has 8 heteroatoms. The zero-order valence-corrected chi connectivity index (χ0v) is 12.7. The highest BCUT2D eigenvalue weighted by Crippen LogP contribution is 2.29. The van der Waals surface area contributed by atoms with E-state index in [2.05, 4.69) is 0 Å². The Hall–Kier alpha value is -2.35. The summed E-state index contributed by atoms with van der Waals surface area (Å²) >= 11 is 0. The smallest absolute Gasteiger partial charge is 0.268 e. The second-order valence-corrected chi connectivity index (χ2v) is 6.43. The molecule has 2 aromatic carbocycles. The summed E-state index contributed by atoms with van der Waals surface area (Å²) in [6.45, 7) is 1.57. The molecule has 122 valence electrons. The molecule has 0 aliphatic carbocycles. The summed E-state index contributed by atoms with van der Waals surface area (Å²) in [6.07, 6.45) is -4.53. The minimum atomic E-state index is -4.53. The van der Waals surface area contributed by atoms with Gasteiger partial charge in [0.1, 0.15) is 0 Å². The van der Waals surface area contributed by atoms with Crippen molar-refractivity contribution in [2.75, 3.05) is 0 Å². The second-order valence-electron chi connectivity index (χ2n) is 4.78. The molecule has 0 aromatic heterocycles. The molecule has 1 amide bonds. The lowest BCUT2D eigenvalue weighted by Gasteiger charge is -2.10. The molecule has 23 heavy (non-hydrogen) atoms. The largest absolute Gasteiger partial charge is 0.416 e. The molecular formula is C15H12F3NO3S. The van der Waals surface area contributed by atoms with Gasteiger partial charge >= 0.3 is 6.18 Å². The summed E-state index contributed by atoms with van der Waals surface area (Å²) in [5.74, 6) is -0.998. The van der Waals surface area contributed by atoms with E-state index in [-0.39, 0.29) is 10.5 Å². The molecule has 0 saturated carbocycles. The van der Waals surface area contributed by atoms with Crippen LogP contribution < -0.4 is 4.72 Å². The van der Waals surface area contributed by atoms with Crippen LogP contribution in [-0.4, -0.2) is 14.3 Å². The van der Waals surface area contributed by atoms with E-state index < -0.39 is 27.7 Å². The van der Waals surface area contributed by atoms with Crippen LogP contribution in [0, 0.1) is 6.92 Å². The quantitative estimate of drug-likeness (QED) is 0.931. The van der Waals surface area contributed by atoms with E-state index in [1.54, 1.807) is 19.1 Å². The molecule has 2 rings (SSSR count). The maximum atomic E-state index is 12.5. The van der Waals surface area contributed by atoms with Gasteiger partial charge in [-0.3, -0.25) is 4.79 Å². The van der Waals surface area contributed by atoms with Gasteiger partial charge in [-0.15, -0.1) is 0 Å². The molecule has 1 N–H and O–H groups in total. The van der Waals surface area contributed by atoms with Crippen LogP contribution in [0.5, 0.6) is 0 Å². The third kappa shape index (κ3) is 3.89. The van der Waals surface area contributed by atoms with Crippen LogP contribution >= 0.6 is 0 Å². The Labute approximate surface area is 131 Å². The summed E-state index contributed by atoms with van der Waals surface area (Å²) in [7, 11) is -4.10. The van der Waals surface area contributed by atoms with Gasteiger partial charge < -0.3 is 0 Å². The Kier molecular flexibility index (Phi) is 4.46. The van der Waals surface area contributed by atoms with Gasteiger partial charge in [-0.05, 0) is 42.8 Å². The fraction of sp³-hybridized carbons (Fsp3) is 0.133. The number of sulfonamides is 1. The van der Waals surface area contributed by atoms with E-state index in [1.165, 1.54) is 12.1 Å².